The van der Waals surface area contributed by atoms with Crippen LogP contribution in [0.3, 0.4) is 0 Å². The van der Waals surface area contributed by atoms with Crippen molar-refractivity contribution < 1.29 is 4.74 Å². The lowest BCUT2D eigenvalue weighted by Gasteiger charge is -2.30. The number of hydrogen-bond donors (Lipinski definition) is 1. The van der Waals surface area contributed by atoms with Crippen LogP contribution in [-0.4, -0.2) is 19.3 Å². The summed E-state index contributed by atoms with van der Waals surface area (Å²) in [4.78, 5) is 0. The maximum Gasteiger partial charge on any atom is 0.0641 e. The number of ether oxygens (including phenoxy) is 1. The molecule has 0 aromatic heterocycles. The first kappa shape index (κ1) is 13.0. The Hall–Kier alpha value is -0.440. The number of halogens is 2. The summed E-state index contributed by atoms with van der Waals surface area (Å²) in [6.07, 6.45) is 1.00. The molecular weight excluding hydrogens is 257 g/mol. The van der Waals surface area contributed by atoms with E-state index < -0.39 is 0 Å². The first-order valence-corrected chi connectivity index (χ1v) is 6.63. The van der Waals surface area contributed by atoms with Gasteiger partial charge in [0, 0.05) is 17.7 Å². The summed E-state index contributed by atoms with van der Waals surface area (Å²) in [6, 6.07) is 4.21. The van der Waals surface area contributed by atoms with Crippen LogP contribution < -0.4 is 5.32 Å². The van der Waals surface area contributed by atoms with Gasteiger partial charge in [0.15, 0.2) is 0 Å². The molecule has 1 saturated heterocycles. The highest BCUT2D eigenvalue weighted by atomic mass is 35.5. The first-order valence-electron chi connectivity index (χ1n) is 5.88. The molecule has 2 unspecified atom stereocenters. The van der Waals surface area contributed by atoms with Gasteiger partial charge in [-0.3, -0.25) is 0 Å². The normalized spacial score (nSPS) is 24.7. The minimum atomic E-state index is 0.403. The highest BCUT2D eigenvalue weighted by Gasteiger charge is 2.22. The Morgan fingerprint density at radius 1 is 1.29 bits per heavy atom. The molecule has 0 saturated carbocycles. The fourth-order valence-electron chi connectivity index (χ4n) is 2.05. The van der Waals surface area contributed by atoms with Gasteiger partial charge in [0.25, 0.3) is 0 Å². The molecule has 0 amide bonds. The number of benzene rings is 1. The van der Waals surface area contributed by atoms with Crippen molar-refractivity contribution in [3.05, 3.63) is 27.7 Å². The SMILES string of the molecule is Cc1cc(Cl)c(NC2CCOCC2C)cc1Cl. The van der Waals surface area contributed by atoms with Gasteiger partial charge in [0.2, 0.25) is 0 Å². The maximum atomic E-state index is 6.22. The molecule has 1 N–H and O–H groups in total. The second kappa shape index (κ2) is 5.47. The van der Waals surface area contributed by atoms with Crippen LogP contribution in [0.5, 0.6) is 0 Å². The van der Waals surface area contributed by atoms with Crippen LogP contribution in [0.15, 0.2) is 12.1 Å². The molecule has 0 radical (unpaired) electrons. The Balaban J connectivity index is 2.15. The molecule has 0 bridgehead atoms. The highest BCUT2D eigenvalue weighted by Crippen LogP contribution is 2.31. The second-order valence-corrected chi connectivity index (χ2v) is 5.49. The van der Waals surface area contributed by atoms with Crippen LogP contribution in [0, 0.1) is 12.8 Å². The summed E-state index contributed by atoms with van der Waals surface area (Å²) >= 11 is 12.3. The molecule has 1 aliphatic heterocycles. The molecule has 1 heterocycles. The predicted octanol–water partition coefficient (Wildman–Crippen LogP) is 4.14. The Kier molecular flexibility index (Phi) is 4.18. The van der Waals surface area contributed by atoms with Crippen molar-refractivity contribution in [1.29, 1.82) is 0 Å². The van der Waals surface area contributed by atoms with Crippen LogP contribution in [0.4, 0.5) is 5.69 Å². The van der Waals surface area contributed by atoms with Crippen LogP contribution >= 0.6 is 23.2 Å². The largest absolute Gasteiger partial charge is 0.381 e. The fraction of sp³-hybridized carbons (Fsp3) is 0.538. The Morgan fingerprint density at radius 2 is 2.06 bits per heavy atom. The van der Waals surface area contributed by atoms with Gasteiger partial charge in [-0.05, 0) is 37.0 Å². The van der Waals surface area contributed by atoms with Gasteiger partial charge in [-0.25, -0.2) is 0 Å². The van der Waals surface area contributed by atoms with Crippen LogP contribution in [0.1, 0.15) is 18.9 Å². The molecule has 1 aromatic rings. The zero-order valence-electron chi connectivity index (χ0n) is 10.1. The lowest BCUT2D eigenvalue weighted by atomic mass is 9.97. The van der Waals surface area contributed by atoms with Crippen LogP contribution in [-0.2, 0) is 4.74 Å². The minimum Gasteiger partial charge on any atom is -0.381 e. The Labute approximate surface area is 112 Å². The molecule has 1 fully saturated rings. The zero-order chi connectivity index (χ0) is 12.4. The molecule has 17 heavy (non-hydrogen) atoms. The van der Waals surface area contributed by atoms with Gasteiger partial charge < -0.3 is 10.1 Å². The first-order chi connectivity index (χ1) is 8.08. The average Bonchev–Trinajstić information content (AvgIpc) is 2.29. The molecular formula is C13H17Cl2NO. The van der Waals surface area contributed by atoms with Crippen molar-refractivity contribution in [2.45, 2.75) is 26.3 Å². The van der Waals surface area contributed by atoms with E-state index in [1.165, 1.54) is 0 Å². The van der Waals surface area contributed by atoms with Gasteiger partial charge in [0.1, 0.15) is 0 Å². The van der Waals surface area contributed by atoms with E-state index in [9.17, 15) is 0 Å². The van der Waals surface area contributed by atoms with Gasteiger partial charge in [-0.1, -0.05) is 30.1 Å². The van der Waals surface area contributed by atoms with E-state index in [-0.39, 0.29) is 0 Å². The molecule has 4 heteroatoms. The van der Waals surface area contributed by atoms with E-state index >= 15 is 0 Å². The van der Waals surface area contributed by atoms with E-state index in [0.29, 0.717) is 12.0 Å². The van der Waals surface area contributed by atoms with Crippen molar-refractivity contribution in [3.8, 4) is 0 Å². The molecule has 94 valence electrons. The van der Waals surface area contributed by atoms with Crippen molar-refractivity contribution in [1.82, 2.24) is 0 Å². The second-order valence-electron chi connectivity index (χ2n) is 4.67. The van der Waals surface area contributed by atoms with Crippen molar-refractivity contribution in [3.63, 3.8) is 0 Å². The van der Waals surface area contributed by atoms with Gasteiger partial charge in [-0.2, -0.15) is 0 Å². The number of hydrogen-bond acceptors (Lipinski definition) is 2. The molecule has 2 nitrogen and oxygen atoms in total. The third-order valence-corrected chi connectivity index (χ3v) is 3.95. The summed E-state index contributed by atoms with van der Waals surface area (Å²) in [7, 11) is 0. The van der Waals surface area contributed by atoms with E-state index in [0.717, 1.165) is 40.9 Å². The third kappa shape index (κ3) is 3.06. The standard InChI is InChI=1S/C13H17Cl2NO/c1-8-5-11(15)13(6-10(8)14)16-12-3-4-17-7-9(12)2/h5-6,9,12,16H,3-4,7H2,1-2H3. The molecule has 1 aliphatic rings. The quantitative estimate of drug-likeness (QED) is 0.875. The summed E-state index contributed by atoms with van der Waals surface area (Å²) in [5.74, 6) is 0.486. The predicted molar refractivity (Wildman–Crippen MR) is 73.2 cm³/mol. The fourth-order valence-corrected chi connectivity index (χ4v) is 2.49. The number of aryl methyl sites for hydroxylation is 1. The smallest absolute Gasteiger partial charge is 0.0641 e. The third-order valence-electron chi connectivity index (χ3n) is 3.23. The summed E-state index contributed by atoms with van der Waals surface area (Å²) in [5, 5.41) is 4.94. The topological polar surface area (TPSA) is 21.3 Å². The minimum absolute atomic E-state index is 0.403. The lowest BCUT2D eigenvalue weighted by molar-refractivity contribution is 0.0538. The van der Waals surface area contributed by atoms with Crippen molar-refractivity contribution in [2.24, 2.45) is 5.92 Å². The van der Waals surface area contributed by atoms with Gasteiger partial charge in [0.05, 0.1) is 17.3 Å². The summed E-state index contributed by atoms with van der Waals surface area (Å²) in [5.41, 5.74) is 1.92. The molecule has 1 aromatic carbocycles. The number of rotatable bonds is 2. The van der Waals surface area contributed by atoms with E-state index in [4.69, 9.17) is 27.9 Å². The highest BCUT2D eigenvalue weighted by molar-refractivity contribution is 6.35. The molecule has 2 rings (SSSR count). The van der Waals surface area contributed by atoms with Crippen LogP contribution in [0.25, 0.3) is 0 Å². The lowest BCUT2D eigenvalue weighted by Crippen LogP contribution is -2.36. The van der Waals surface area contributed by atoms with Crippen molar-refractivity contribution >= 4 is 28.9 Å². The van der Waals surface area contributed by atoms with E-state index in [1.54, 1.807) is 0 Å². The molecule has 2 atom stereocenters. The van der Waals surface area contributed by atoms with E-state index in [2.05, 4.69) is 12.2 Å². The van der Waals surface area contributed by atoms with Gasteiger partial charge >= 0.3 is 0 Å². The number of nitrogens with one attached hydrogen (secondary N) is 1. The maximum absolute atomic E-state index is 6.22. The molecule has 0 spiro atoms. The monoisotopic (exact) mass is 273 g/mol. The number of anilines is 1. The summed E-state index contributed by atoms with van der Waals surface area (Å²) in [6.45, 7) is 5.74. The molecule has 0 aliphatic carbocycles. The summed E-state index contributed by atoms with van der Waals surface area (Å²) < 4.78 is 5.42. The average molecular weight is 274 g/mol. The zero-order valence-corrected chi connectivity index (χ0v) is 11.6. The van der Waals surface area contributed by atoms with Gasteiger partial charge in [-0.15, -0.1) is 0 Å². The Bertz CT molecular complexity index is 409. The van der Waals surface area contributed by atoms with E-state index in [1.807, 2.05) is 19.1 Å². The van der Waals surface area contributed by atoms with Crippen molar-refractivity contribution in [2.75, 3.05) is 18.5 Å². The van der Waals surface area contributed by atoms with Crippen LogP contribution in [0.2, 0.25) is 10.0 Å². The Morgan fingerprint density at radius 3 is 2.76 bits per heavy atom.